The number of benzene rings is 2. The van der Waals surface area contributed by atoms with Crippen LogP contribution in [0.5, 0.6) is 0 Å². The maximum atomic E-state index is 6.11. The second kappa shape index (κ2) is 6.11. The van der Waals surface area contributed by atoms with Crippen LogP contribution < -0.4 is 5.32 Å². The third-order valence-electron chi connectivity index (χ3n) is 3.49. The summed E-state index contributed by atoms with van der Waals surface area (Å²) in [6, 6.07) is 17.1. The Morgan fingerprint density at radius 1 is 0.917 bits per heavy atom. The maximum Gasteiger partial charge on any atom is 0.226 e. The van der Waals surface area contributed by atoms with Crippen LogP contribution in [0.15, 0.2) is 60.8 Å². The van der Waals surface area contributed by atoms with Gasteiger partial charge in [0.2, 0.25) is 5.28 Å². The second-order valence-corrected chi connectivity index (χ2v) is 5.88. The number of nitrogens with one attached hydrogen (secondary N) is 1. The summed E-state index contributed by atoms with van der Waals surface area (Å²) in [5.41, 5.74) is 2.34. The van der Waals surface area contributed by atoms with Crippen LogP contribution in [0.1, 0.15) is 0 Å². The number of hydrogen-bond acceptors (Lipinski definition) is 4. The largest absolute Gasteiger partial charge is 0.339 e. The van der Waals surface area contributed by atoms with Crippen LogP contribution in [0.25, 0.3) is 16.7 Å². The molecule has 0 saturated carbocycles. The fourth-order valence-corrected chi connectivity index (χ4v) is 2.79. The minimum absolute atomic E-state index is 0.143. The van der Waals surface area contributed by atoms with Crippen molar-refractivity contribution in [2.45, 2.75) is 0 Å². The predicted molar refractivity (Wildman–Crippen MR) is 96.4 cm³/mol. The molecule has 4 aromatic rings. The van der Waals surface area contributed by atoms with E-state index in [0.717, 1.165) is 16.8 Å². The number of nitrogens with zero attached hydrogens (tertiary/aromatic N) is 4. The molecular weight excluding hydrogens is 345 g/mol. The van der Waals surface area contributed by atoms with Crippen LogP contribution in [0.3, 0.4) is 0 Å². The third-order valence-corrected chi connectivity index (χ3v) is 3.89. The first-order valence-corrected chi connectivity index (χ1v) is 7.95. The van der Waals surface area contributed by atoms with Gasteiger partial charge in [-0.05, 0) is 41.9 Å². The average molecular weight is 356 g/mol. The monoisotopic (exact) mass is 355 g/mol. The van der Waals surface area contributed by atoms with Crippen molar-refractivity contribution in [3.05, 3.63) is 71.1 Å². The van der Waals surface area contributed by atoms with E-state index in [2.05, 4.69) is 20.4 Å². The molecule has 1 N–H and O–H groups in total. The molecule has 4 rings (SSSR count). The van der Waals surface area contributed by atoms with E-state index < -0.39 is 0 Å². The summed E-state index contributed by atoms with van der Waals surface area (Å²) in [7, 11) is 0. The molecule has 5 nitrogen and oxygen atoms in total. The van der Waals surface area contributed by atoms with Crippen molar-refractivity contribution in [3.8, 4) is 5.69 Å². The summed E-state index contributed by atoms with van der Waals surface area (Å²) >= 11 is 12.1. The Labute approximate surface area is 147 Å². The van der Waals surface area contributed by atoms with Crippen molar-refractivity contribution < 1.29 is 0 Å². The first-order valence-electron chi connectivity index (χ1n) is 7.20. The summed E-state index contributed by atoms with van der Waals surface area (Å²) in [5.74, 6) is 0.578. The molecule has 0 aliphatic carbocycles. The van der Waals surface area contributed by atoms with Gasteiger partial charge in [-0.2, -0.15) is 15.1 Å². The van der Waals surface area contributed by atoms with E-state index in [1.807, 2.05) is 54.6 Å². The molecule has 0 amide bonds. The van der Waals surface area contributed by atoms with E-state index in [4.69, 9.17) is 23.2 Å². The molecule has 0 radical (unpaired) electrons. The van der Waals surface area contributed by atoms with Crippen molar-refractivity contribution in [1.29, 1.82) is 0 Å². The number of para-hydroxylation sites is 1. The quantitative estimate of drug-likeness (QED) is 0.533. The van der Waals surface area contributed by atoms with Crippen molar-refractivity contribution in [3.63, 3.8) is 0 Å². The summed E-state index contributed by atoms with van der Waals surface area (Å²) in [6.07, 6.45) is 1.71. The summed E-state index contributed by atoms with van der Waals surface area (Å²) in [4.78, 5) is 8.60. The lowest BCUT2D eigenvalue weighted by Gasteiger charge is -2.08. The zero-order valence-corrected chi connectivity index (χ0v) is 13.8. The van der Waals surface area contributed by atoms with E-state index in [0.29, 0.717) is 16.5 Å². The molecule has 24 heavy (non-hydrogen) atoms. The lowest BCUT2D eigenvalue weighted by Crippen LogP contribution is -2.00. The molecule has 0 spiro atoms. The van der Waals surface area contributed by atoms with Crippen molar-refractivity contribution in [1.82, 2.24) is 19.7 Å². The Hall–Kier alpha value is -2.63. The van der Waals surface area contributed by atoms with Crippen molar-refractivity contribution >= 4 is 45.7 Å². The van der Waals surface area contributed by atoms with Crippen LogP contribution in [0.2, 0.25) is 10.3 Å². The standard InChI is InChI=1S/C17H11Cl2N5/c18-11-5-4-6-12(9-11)21-15-14-10-20-24(13-7-2-1-3-8-13)16(14)23-17(19)22-15/h1-10H,(H,21,22,23). The van der Waals surface area contributed by atoms with E-state index in [1.165, 1.54) is 0 Å². The highest BCUT2D eigenvalue weighted by Crippen LogP contribution is 2.27. The Balaban J connectivity index is 1.84. The number of anilines is 2. The highest BCUT2D eigenvalue weighted by Gasteiger charge is 2.13. The van der Waals surface area contributed by atoms with E-state index in [-0.39, 0.29) is 5.28 Å². The van der Waals surface area contributed by atoms with Gasteiger partial charge in [-0.25, -0.2) is 4.68 Å². The third kappa shape index (κ3) is 2.79. The summed E-state index contributed by atoms with van der Waals surface area (Å²) in [5, 5.41) is 9.18. The highest BCUT2D eigenvalue weighted by molar-refractivity contribution is 6.31. The summed E-state index contributed by atoms with van der Waals surface area (Å²) in [6.45, 7) is 0. The van der Waals surface area contributed by atoms with Crippen LogP contribution in [0.4, 0.5) is 11.5 Å². The van der Waals surface area contributed by atoms with Gasteiger partial charge in [0.25, 0.3) is 0 Å². The molecular formula is C17H11Cl2N5. The number of halogens is 2. The molecule has 2 heterocycles. The van der Waals surface area contributed by atoms with E-state index >= 15 is 0 Å². The molecule has 118 valence electrons. The van der Waals surface area contributed by atoms with Gasteiger partial charge < -0.3 is 5.32 Å². The highest BCUT2D eigenvalue weighted by atomic mass is 35.5. The van der Waals surface area contributed by atoms with Gasteiger partial charge in [0.05, 0.1) is 17.3 Å². The van der Waals surface area contributed by atoms with Crippen LogP contribution in [-0.4, -0.2) is 19.7 Å². The normalized spacial score (nSPS) is 10.9. The smallest absolute Gasteiger partial charge is 0.226 e. The second-order valence-electron chi connectivity index (χ2n) is 5.11. The molecule has 0 aliphatic heterocycles. The van der Waals surface area contributed by atoms with Crippen molar-refractivity contribution in [2.24, 2.45) is 0 Å². The molecule has 0 unspecified atom stereocenters. The molecule has 2 aromatic carbocycles. The SMILES string of the molecule is Clc1cccc(Nc2nc(Cl)nc3c2cnn3-c2ccccc2)c1. The van der Waals surface area contributed by atoms with Gasteiger partial charge in [0.1, 0.15) is 5.82 Å². The molecule has 0 atom stereocenters. The van der Waals surface area contributed by atoms with Crippen LogP contribution >= 0.6 is 23.2 Å². The zero-order valence-electron chi connectivity index (χ0n) is 12.3. The first kappa shape index (κ1) is 14.9. The van der Waals surface area contributed by atoms with Crippen molar-refractivity contribution in [2.75, 3.05) is 5.32 Å². The topological polar surface area (TPSA) is 55.6 Å². The molecule has 0 saturated heterocycles. The molecule has 0 fully saturated rings. The number of fused-ring (bicyclic) bond motifs is 1. The van der Waals surface area contributed by atoms with Gasteiger partial charge in [-0.15, -0.1) is 0 Å². The Morgan fingerprint density at radius 3 is 2.54 bits per heavy atom. The Kier molecular flexibility index (Phi) is 3.80. The molecule has 0 bridgehead atoms. The molecule has 7 heteroatoms. The van der Waals surface area contributed by atoms with E-state index in [9.17, 15) is 0 Å². The van der Waals surface area contributed by atoms with Crippen LogP contribution in [-0.2, 0) is 0 Å². The van der Waals surface area contributed by atoms with Crippen LogP contribution in [0, 0.1) is 0 Å². The number of rotatable bonds is 3. The van der Waals surface area contributed by atoms with Gasteiger partial charge in [-0.3, -0.25) is 0 Å². The number of aromatic nitrogens is 4. The van der Waals surface area contributed by atoms with Gasteiger partial charge in [0.15, 0.2) is 5.65 Å². The first-order chi connectivity index (χ1) is 11.7. The lowest BCUT2D eigenvalue weighted by molar-refractivity contribution is 0.895. The van der Waals surface area contributed by atoms with Gasteiger partial charge >= 0.3 is 0 Å². The Morgan fingerprint density at radius 2 is 1.75 bits per heavy atom. The minimum Gasteiger partial charge on any atom is -0.339 e. The summed E-state index contributed by atoms with van der Waals surface area (Å²) < 4.78 is 1.73. The lowest BCUT2D eigenvalue weighted by atomic mass is 10.3. The molecule has 2 aromatic heterocycles. The minimum atomic E-state index is 0.143. The van der Waals surface area contributed by atoms with Gasteiger partial charge in [-0.1, -0.05) is 35.9 Å². The van der Waals surface area contributed by atoms with Gasteiger partial charge in [0, 0.05) is 10.7 Å². The Bertz CT molecular complexity index is 1010. The fourth-order valence-electron chi connectivity index (χ4n) is 2.44. The number of hydrogen-bond donors (Lipinski definition) is 1. The maximum absolute atomic E-state index is 6.11. The average Bonchev–Trinajstić information content (AvgIpc) is 2.99. The zero-order chi connectivity index (χ0) is 16.5. The van der Waals surface area contributed by atoms with E-state index in [1.54, 1.807) is 10.9 Å². The molecule has 0 aliphatic rings. The predicted octanol–water partition coefficient (Wildman–Crippen LogP) is 4.87. The fraction of sp³-hybridized carbons (Fsp3) is 0.